The van der Waals surface area contributed by atoms with Gasteiger partial charge >= 0.3 is 6.09 Å². The average Bonchev–Trinajstić information content (AvgIpc) is 2.79. The molecule has 1 unspecified atom stereocenters. The van der Waals surface area contributed by atoms with Crippen LogP contribution in [0.25, 0.3) is 0 Å². The molecule has 0 aromatic heterocycles. The van der Waals surface area contributed by atoms with Crippen molar-refractivity contribution in [2.45, 2.75) is 57.8 Å². The van der Waals surface area contributed by atoms with Crippen LogP contribution in [0.1, 0.15) is 45.2 Å². The summed E-state index contributed by atoms with van der Waals surface area (Å²) in [6, 6.07) is 9.09. The molecule has 5 heteroatoms. The molecule has 3 atom stereocenters. The van der Waals surface area contributed by atoms with Gasteiger partial charge < -0.3 is 9.47 Å². The van der Waals surface area contributed by atoms with Crippen LogP contribution >= 0.6 is 0 Å². The Hall–Kier alpha value is -1.88. The molecule has 0 saturated carbocycles. The van der Waals surface area contributed by atoms with Crippen molar-refractivity contribution < 1.29 is 18.7 Å². The molecule has 1 heterocycles. The first-order valence-corrected chi connectivity index (χ1v) is 7.90. The van der Waals surface area contributed by atoms with Crippen molar-refractivity contribution >= 4 is 6.09 Å². The van der Waals surface area contributed by atoms with Crippen molar-refractivity contribution in [1.82, 2.24) is 4.90 Å². The Labute approximate surface area is 136 Å². The van der Waals surface area contributed by atoms with Gasteiger partial charge in [0.1, 0.15) is 11.8 Å². The lowest BCUT2D eigenvalue weighted by Crippen LogP contribution is -2.45. The minimum Gasteiger partial charge on any atom is -0.415 e. The zero-order valence-corrected chi connectivity index (χ0v) is 13.9. The molecule has 0 aliphatic carbocycles. The molecule has 23 heavy (non-hydrogen) atoms. The zero-order valence-electron chi connectivity index (χ0n) is 13.9. The first kappa shape index (κ1) is 17.5. The van der Waals surface area contributed by atoms with E-state index in [0.717, 1.165) is 5.56 Å². The van der Waals surface area contributed by atoms with E-state index in [1.54, 1.807) is 19.9 Å². The van der Waals surface area contributed by atoms with E-state index in [0.29, 0.717) is 6.42 Å². The number of rotatable bonds is 5. The fraction of sp³-hybridized carbons (Fsp3) is 0.500. The second kappa shape index (κ2) is 7.13. The van der Waals surface area contributed by atoms with Crippen molar-refractivity contribution in [2.75, 3.05) is 0 Å². The van der Waals surface area contributed by atoms with Gasteiger partial charge in [-0.2, -0.15) is 0 Å². The van der Waals surface area contributed by atoms with Gasteiger partial charge in [-0.1, -0.05) is 43.3 Å². The predicted octanol–water partition coefficient (Wildman–Crippen LogP) is 4.58. The van der Waals surface area contributed by atoms with E-state index >= 15 is 0 Å². The van der Waals surface area contributed by atoms with Crippen LogP contribution in [-0.2, 0) is 9.47 Å². The molecule has 1 aromatic carbocycles. The first-order chi connectivity index (χ1) is 10.9. The molecule has 0 spiro atoms. The summed E-state index contributed by atoms with van der Waals surface area (Å²) in [6.45, 7) is 9.16. The van der Waals surface area contributed by atoms with Crippen LogP contribution in [0.4, 0.5) is 9.18 Å². The van der Waals surface area contributed by atoms with Crippen LogP contribution < -0.4 is 0 Å². The summed E-state index contributed by atoms with van der Waals surface area (Å²) in [5.74, 6) is 0. The number of carbonyl (C=O) groups excluding carboxylic acids is 1. The van der Waals surface area contributed by atoms with Gasteiger partial charge in [0.05, 0.1) is 6.04 Å². The molecule has 126 valence electrons. The van der Waals surface area contributed by atoms with Crippen LogP contribution in [0.3, 0.4) is 0 Å². The molecule has 1 aromatic rings. The highest BCUT2D eigenvalue weighted by atomic mass is 19.1. The fourth-order valence-corrected chi connectivity index (χ4v) is 2.89. The second-order valence-electron chi connectivity index (χ2n) is 6.07. The summed E-state index contributed by atoms with van der Waals surface area (Å²) in [4.78, 5) is 14.0. The Balaban J connectivity index is 2.31. The quantitative estimate of drug-likeness (QED) is 0.745. The number of halogens is 1. The molecular formula is C18H24FNO3. The Bertz CT molecular complexity index is 546. The maximum atomic E-state index is 13.7. The number of amides is 1. The molecule has 1 aliphatic rings. The second-order valence-corrected chi connectivity index (χ2v) is 6.07. The van der Waals surface area contributed by atoms with Gasteiger partial charge in [-0.05, 0) is 25.8 Å². The summed E-state index contributed by atoms with van der Waals surface area (Å²) in [5, 5.41) is 0. The smallest absolute Gasteiger partial charge is 0.415 e. The summed E-state index contributed by atoms with van der Waals surface area (Å²) in [5.41, 5.74) is -0.0200. The van der Waals surface area contributed by atoms with Gasteiger partial charge in [0.2, 0.25) is 6.36 Å². The number of carbonyl (C=O) groups is 1. The summed E-state index contributed by atoms with van der Waals surface area (Å²) in [7, 11) is 0. The Morgan fingerprint density at radius 1 is 1.48 bits per heavy atom. The van der Waals surface area contributed by atoms with E-state index in [2.05, 4.69) is 6.58 Å². The average molecular weight is 321 g/mol. The van der Waals surface area contributed by atoms with E-state index < -0.39 is 24.2 Å². The van der Waals surface area contributed by atoms with Crippen molar-refractivity contribution in [2.24, 2.45) is 0 Å². The molecule has 1 saturated heterocycles. The predicted molar refractivity (Wildman–Crippen MR) is 86.5 cm³/mol. The normalized spacial score (nSPS) is 24.3. The molecule has 1 fully saturated rings. The van der Waals surface area contributed by atoms with Crippen LogP contribution in [-0.4, -0.2) is 29.2 Å². The van der Waals surface area contributed by atoms with Crippen molar-refractivity contribution in [3.8, 4) is 0 Å². The molecular weight excluding hydrogens is 297 g/mol. The topological polar surface area (TPSA) is 38.8 Å². The fourth-order valence-electron chi connectivity index (χ4n) is 2.89. The summed E-state index contributed by atoms with van der Waals surface area (Å²) in [6.07, 6.45) is -0.264. The lowest BCUT2D eigenvalue weighted by atomic mass is 10.0. The highest BCUT2D eigenvalue weighted by Crippen LogP contribution is 2.42. The summed E-state index contributed by atoms with van der Waals surface area (Å²) < 4.78 is 24.6. The first-order valence-electron chi connectivity index (χ1n) is 7.90. The van der Waals surface area contributed by atoms with Gasteiger partial charge in [0.25, 0.3) is 0 Å². The molecule has 0 radical (unpaired) electrons. The van der Waals surface area contributed by atoms with Crippen molar-refractivity contribution in [1.29, 1.82) is 0 Å². The van der Waals surface area contributed by atoms with Crippen molar-refractivity contribution in [3.63, 3.8) is 0 Å². The monoisotopic (exact) mass is 321 g/mol. The van der Waals surface area contributed by atoms with Crippen LogP contribution in [0.5, 0.6) is 0 Å². The van der Waals surface area contributed by atoms with Gasteiger partial charge in [-0.3, -0.25) is 4.90 Å². The van der Waals surface area contributed by atoms with E-state index in [-0.39, 0.29) is 12.5 Å². The highest BCUT2D eigenvalue weighted by Gasteiger charge is 2.50. The number of ether oxygens (including phenoxy) is 2. The lowest BCUT2D eigenvalue weighted by Gasteiger charge is -2.33. The van der Waals surface area contributed by atoms with E-state index in [4.69, 9.17) is 9.47 Å². The van der Waals surface area contributed by atoms with Crippen molar-refractivity contribution in [3.05, 3.63) is 48.6 Å². The van der Waals surface area contributed by atoms with Gasteiger partial charge in [-0.25, -0.2) is 9.18 Å². The number of hydrogen-bond donors (Lipinski definition) is 0. The number of alkyl halides is 1. The number of benzene rings is 1. The third-order valence-corrected chi connectivity index (χ3v) is 3.91. The van der Waals surface area contributed by atoms with E-state index in [1.807, 2.05) is 37.3 Å². The van der Waals surface area contributed by atoms with Gasteiger partial charge in [0, 0.05) is 6.42 Å². The zero-order chi connectivity index (χ0) is 17.0. The molecule has 2 rings (SSSR count). The SMILES string of the molecule is C=C[C@H]1OC(C)(C)N(C(=O)OC(F)CCC)[C@H]1c1ccccc1. The van der Waals surface area contributed by atoms with Gasteiger partial charge in [-0.15, -0.1) is 6.58 Å². The molecule has 0 N–H and O–H groups in total. The largest absolute Gasteiger partial charge is 0.415 e. The van der Waals surface area contributed by atoms with Crippen LogP contribution in [0.15, 0.2) is 43.0 Å². The minimum atomic E-state index is -1.61. The van der Waals surface area contributed by atoms with Gasteiger partial charge in [0.15, 0.2) is 0 Å². The van der Waals surface area contributed by atoms with Crippen LogP contribution in [0, 0.1) is 0 Å². The molecule has 0 bridgehead atoms. The third-order valence-electron chi connectivity index (χ3n) is 3.91. The standard InChI is InChI=1S/C18H24FNO3/c1-5-10-15(19)22-17(21)20-16(13-11-8-7-9-12-13)14(6-2)23-18(20,3)4/h6-9,11-12,14-16H,2,5,10H2,1,3-4H3/t14-,15?,16+/m1/s1. The highest BCUT2D eigenvalue weighted by molar-refractivity contribution is 5.70. The Kier molecular flexibility index (Phi) is 5.42. The minimum absolute atomic E-state index is 0.182. The molecule has 4 nitrogen and oxygen atoms in total. The molecule has 1 aliphatic heterocycles. The molecule has 1 amide bonds. The number of nitrogens with zero attached hydrogens (tertiary/aromatic N) is 1. The Morgan fingerprint density at radius 2 is 2.13 bits per heavy atom. The van der Waals surface area contributed by atoms with Crippen LogP contribution in [0.2, 0.25) is 0 Å². The summed E-state index contributed by atoms with van der Waals surface area (Å²) >= 11 is 0. The maximum absolute atomic E-state index is 13.7. The number of hydrogen-bond acceptors (Lipinski definition) is 3. The maximum Gasteiger partial charge on any atom is 0.415 e. The third kappa shape index (κ3) is 3.72. The van der Waals surface area contributed by atoms with E-state index in [1.165, 1.54) is 4.90 Å². The Morgan fingerprint density at radius 3 is 2.70 bits per heavy atom. The van der Waals surface area contributed by atoms with E-state index in [9.17, 15) is 9.18 Å². The lowest BCUT2D eigenvalue weighted by molar-refractivity contribution is -0.0782.